The van der Waals surface area contributed by atoms with Crippen LogP contribution < -0.4 is 5.73 Å². The quantitative estimate of drug-likeness (QED) is 0.861. The van der Waals surface area contributed by atoms with Crippen molar-refractivity contribution in [2.45, 2.75) is 58.4 Å². The normalized spacial score (nSPS) is 15.6. The molecule has 0 amide bonds. The van der Waals surface area contributed by atoms with Gasteiger partial charge in [-0.15, -0.1) is 0 Å². The fraction of sp³-hybridized carbons (Fsp3) is 0.600. The van der Waals surface area contributed by atoms with Crippen LogP contribution in [0, 0.1) is 6.92 Å². The highest BCUT2D eigenvalue weighted by atomic mass is 35.5. The van der Waals surface area contributed by atoms with E-state index in [9.17, 15) is 5.11 Å². The van der Waals surface area contributed by atoms with Gasteiger partial charge >= 0.3 is 0 Å². The molecule has 1 aromatic rings. The Balaban J connectivity index is 2.57. The SMILES string of the molecule is Cc1c(CC(C)(C)N)c(O)c(Cl)c2c1CCCC2. The molecule has 100 valence electrons. The molecule has 0 aromatic heterocycles. The molecule has 2 nitrogen and oxygen atoms in total. The van der Waals surface area contributed by atoms with E-state index in [4.69, 9.17) is 17.3 Å². The summed E-state index contributed by atoms with van der Waals surface area (Å²) in [6.45, 7) is 6.03. The Kier molecular flexibility index (Phi) is 3.61. The summed E-state index contributed by atoms with van der Waals surface area (Å²) < 4.78 is 0. The predicted molar refractivity (Wildman–Crippen MR) is 76.5 cm³/mol. The number of hydrogen-bond acceptors (Lipinski definition) is 2. The largest absolute Gasteiger partial charge is 0.506 e. The van der Waals surface area contributed by atoms with Crippen molar-refractivity contribution in [2.75, 3.05) is 0 Å². The molecule has 3 N–H and O–H groups in total. The number of fused-ring (bicyclic) bond motifs is 1. The lowest BCUT2D eigenvalue weighted by molar-refractivity contribution is 0.446. The topological polar surface area (TPSA) is 46.2 Å². The van der Waals surface area contributed by atoms with E-state index in [1.54, 1.807) is 0 Å². The molecule has 0 atom stereocenters. The fourth-order valence-corrected chi connectivity index (χ4v) is 3.19. The van der Waals surface area contributed by atoms with Crippen LogP contribution >= 0.6 is 11.6 Å². The summed E-state index contributed by atoms with van der Waals surface area (Å²) in [6.07, 6.45) is 5.07. The summed E-state index contributed by atoms with van der Waals surface area (Å²) in [5.74, 6) is 0.244. The third-order valence-corrected chi connectivity index (χ3v) is 4.17. The zero-order valence-corrected chi connectivity index (χ0v) is 12.2. The van der Waals surface area contributed by atoms with E-state index in [1.807, 2.05) is 13.8 Å². The number of nitrogens with two attached hydrogens (primary N) is 1. The van der Waals surface area contributed by atoms with Crippen LogP contribution in [0.4, 0.5) is 0 Å². The van der Waals surface area contributed by atoms with Gasteiger partial charge in [0, 0.05) is 11.1 Å². The molecule has 0 heterocycles. The maximum absolute atomic E-state index is 10.3. The molecule has 0 saturated carbocycles. The standard InChI is InChI=1S/C15H22ClNO/c1-9-10-6-4-5-7-11(10)13(16)14(18)12(9)8-15(2,3)17/h18H,4-8,17H2,1-3H3. The summed E-state index contributed by atoms with van der Waals surface area (Å²) in [7, 11) is 0. The number of phenolic OH excluding ortho intramolecular Hbond substituents is 1. The van der Waals surface area contributed by atoms with Gasteiger partial charge in [0.1, 0.15) is 5.75 Å². The van der Waals surface area contributed by atoms with Crippen molar-refractivity contribution in [1.82, 2.24) is 0 Å². The monoisotopic (exact) mass is 267 g/mol. The summed E-state index contributed by atoms with van der Waals surface area (Å²) >= 11 is 6.33. The predicted octanol–water partition coefficient (Wildman–Crippen LogP) is 3.51. The highest BCUT2D eigenvalue weighted by Crippen LogP contribution is 2.41. The van der Waals surface area contributed by atoms with Gasteiger partial charge in [0.2, 0.25) is 0 Å². The molecule has 1 aliphatic rings. The average molecular weight is 268 g/mol. The zero-order valence-electron chi connectivity index (χ0n) is 11.4. The second-order valence-electron chi connectivity index (χ2n) is 6.10. The molecule has 0 radical (unpaired) electrons. The molecule has 0 bridgehead atoms. The van der Waals surface area contributed by atoms with Crippen molar-refractivity contribution in [1.29, 1.82) is 0 Å². The van der Waals surface area contributed by atoms with E-state index in [1.165, 1.54) is 17.5 Å². The Morgan fingerprint density at radius 2 is 1.78 bits per heavy atom. The van der Waals surface area contributed by atoms with Crippen LogP contribution in [0.5, 0.6) is 5.75 Å². The molecular weight excluding hydrogens is 246 g/mol. The Hall–Kier alpha value is -0.730. The molecule has 0 spiro atoms. The van der Waals surface area contributed by atoms with Gasteiger partial charge in [0.05, 0.1) is 5.02 Å². The van der Waals surface area contributed by atoms with Crippen molar-refractivity contribution in [3.8, 4) is 5.75 Å². The molecule has 0 unspecified atom stereocenters. The highest BCUT2D eigenvalue weighted by molar-refractivity contribution is 6.33. The van der Waals surface area contributed by atoms with E-state index in [0.29, 0.717) is 11.4 Å². The molecule has 18 heavy (non-hydrogen) atoms. The second-order valence-corrected chi connectivity index (χ2v) is 6.47. The number of hydrogen-bond donors (Lipinski definition) is 2. The van der Waals surface area contributed by atoms with Gasteiger partial charge in [0.25, 0.3) is 0 Å². The third kappa shape index (κ3) is 2.50. The van der Waals surface area contributed by atoms with Crippen molar-refractivity contribution < 1.29 is 5.11 Å². The lowest BCUT2D eigenvalue weighted by Gasteiger charge is -2.26. The zero-order chi connectivity index (χ0) is 13.5. The molecular formula is C15H22ClNO. The molecule has 0 fully saturated rings. The second kappa shape index (κ2) is 4.75. The Morgan fingerprint density at radius 1 is 1.22 bits per heavy atom. The smallest absolute Gasteiger partial charge is 0.137 e. The van der Waals surface area contributed by atoms with Gasteiger partial charge in [-0.3, -0.25) is 0 Å². The van der Waals surface area contributed by atoms with Gasteiger partial charge in [-0.25, -0.2) is 0 Å². The average Bonchev–Trinajstić information content (AvgIpc) is 2.31. The minimum atomic E-state index is -0.339. The Labute approximate surface area is 114 Å². The van der Waals surface area contributed by atoms with Crippen LogP contribution in [0.2, 0.25) is 5.02 Å². The highest BCUT2D eigenvalue weighted by Gasteiger charge is 2.25. The summed E-state index contributed by atoms with van der Waals surface area (Å²) in [5, 5.41) is 10.9. The van der Waals surface area contributed by atoms with Gasteiger partial charge in [0.15, 0.2) is 0 Å². The van der Waals surface area contributed by atoms with Crippen LogP contribution in [-0.2, 0) is 19.3 Å². The minimum absolute atomic E-state index is 0.244. The summed E-state index contributed by atoms with van der Waals surface area (Å²) in [6, 6.07) is 0. The van der Waals surface area contributed by atoms with Crippen LogP contribution in [0.15, 0.2) is 0 Å². The van der Waals surface area contributed by atoms with Crippen molar-refractivity contribution in [3.05, 3.63) is 27.3 Å². The van der Waals surface area contributed by atoms with Crippen LogP contribution in [0.25, 0.3) is 0 Å². The van der Waals surface area contributed by atoms with Gasteiger partial charge in [-0.1, -0.05) is 11.6 Å². The Morgan fingerprint density at radius 3 is 2.33 bits per heavy atom. The maximum atomic E-state index is 10.3. The van der Waals surface area contributed by atoms with Gasteiger partial charge in [-0.2, -0.15) is 0 Å². The number of halogens is 1. The van der Waals surface area contributed by atoms with Crippen LogP contribution in [0.3, 0.4) is 0 Å². The molecule has 1 aromatic carbocycles. The fourth-order valence-electron chi connectivity index (χ4n) is 2.87. The first-order valence-corrected chi connectivity index (χ1v) is 6.99. The van der Waals surface area contributed by atoms with Crippen molar-refractivity contribution in [3.63, 3.8) is 0 Å². The minimum Gasteiger partial charge on any atom is -0.506 e. The first kappa shape index (κ1) is 13.7. The van der Waals surface area contributed by atoms with E-state index in [2.05, 4.69) is 6.92 Å². The number of benzene rings is 1. The molecule has 3 heteroatoms. The van der Waals surface area contributed by atoms with Crippen molar-refractivity contribution >= 4 is 11.6 Å². The van der Waals surface area contributed by atoms with E-state index < -0.39 is 0 Å². The summed E-state index contributed by atoms with van der Waals surface area (Å²) in [5.41, 5.74) is 10.3. The van der Waals surface area contributed by atoms with Crippen LogP contribution in [-0.4, -0.2) is 10.6 Å². The van der Waals surface area contributed by atoms with Crippen LogP contribution in [0.1, 0.15) is 48.9 Å². The van der Waals surface area contributed by atoms with Crippen molar-refractivity contribution in [2.24, 2.45) is 5.73 Å². The van der Waals surface area contributed by atoms with E-state index >= 15 is 0 Å². The molecule has 2 rings (SSSR count). The van der Waals surface area contributed by atoms with E-state index in [-0.39, 0.29) is 11.3 Å². The lowest BCUT2D eigenvalue weighted by atomic mass is 9.83. The molecule has 1 aliphatic carbocycles. The van der Waals surface area contributed by atoms with Gasteiger partial charge < -0.3 is 10.8 Å². The Bertz CT molecular complexity index is 475. The number of phenols is 1. The third-order valence-electron chi connectivity index (χ3n) is 3.76. The molecule has 0 saturated heterocycles. The number of aromatic hydroxyl groups is 1. The maximum Gasteiger partial charge on any atom is 0.137 e. The molecule has 0 aliphatic heterocycles. The van der Waals surface area contributed by atoms with Gasteiger partial charge in [-0.05, 0) is 69.6 Å². The summed E-state index contributed by atoms with van der Waals surface area (Å²) in [4.78, 5) is 0. The van der Waals surface area contributed by atoms with E-state index in [0.717, 1.165) is 30.4 Å². The number of rotatable bonds is 2. The first-order valence-electron chi connectivity index (χ1n) is 6.62. The first-order chi connectivity index (χ1) is 8.31. The lowest BCUT2D eigenvalue weighted by Crippen LogP contribution is -2.35.